The molecule has 1 aliphatic heterocycles. The van der Waals surface area contributed by atoms with Crippen molar-refractivity contribution in [3.8, 4) is 0 Å². The van der Waals surface area contributed by atoms with Gasteiger partial charge in [0.1, 0.15) is 5.82 Å². The first kappa shape index (κ1) is 22.1. The third kappa shape index (κ3) is 5.18. The molecule has 32 heavy (non-hydrogen) atoms. The summed E-state index contributed by atoms with van der Waals surface area (Å²) < 4.78 is 0. The van der Waals surface area contributed by atoms with Crippen molar-refractivity contribution in [2.45, 2.75) is 13.1 Å². The van der Waals surface area contributed by atoms with E-state index in [9.17, 15) is 0 Å². The van der Waals surface area contributed by atoms with Gasteiger partial charge in [-0.25, -0.2) is 4.98 Å². The Hall–Kier alpha value is -3.15. The Morgan fingerprint density at radius 1 is 0.688 bits per heavy atom. The molecular weight excluding hydrogens is 418 g/mol. The fourth-order valence-corrected chi connectivity index (χ4v) is 4.07. The number of para-hydroxylation sites is 1. The SMILES string of the molecule is Cl.c1ccc(CNc2nc(N3CCN(Cc4ccccc4)CC3)nc3ccccc23)cc1. The second kappa shape index (κ2) is 10.4. The summed E-state index contributed by atoms with van der Waals surface area (Å²) in [6, 6.07) is 29.4. The Kier molecular flexibility index (Phi) is 7.20. The van der Waals surface area contributed by atoms with Gasteiger partial charge in [-0.2, -0.15) is 4.98 Å². The van der Waals surface area contributed by atoms with E-state index in [1.807, 2.05) is 18.2 Å². The van der Waals surface area contributed by atoms with Crippen LogP contribution in [0.1, 0.15) is 11.1 Å². The Balaban J connectivity index is 0.00000245. The molecule has 3 aromatic carbocycles. The van der Waals surface area contributed by atoms with E-state index in [4.69, 9.17) is 9.97 Å². The average molecular weight is 446 g/mol. The van der Waals surface area contributed by atoms with Gasteiger partial charge in [0.05, 0.1) is 5.52 Å². The number of nitrogens with one attached hydrogen (secondary N) is 1. The smallest absolute Gasteiger partial charge is 0.227 e. The third-order valence-electron chi connectivity index (χ3n) is 5.80. The molecule has 1 aromatic heterocycles. The number of aromatic nitrogens is 2. The Bertz CT molecular complexity index is 1130. The molecule has 1 N–H and O–H groups in total. The second-order valence-corrected chi connectivity index (χ2v) is 7.98. The van der Waals surface area contributed by atoms with Crippen molar-refractivity contribution in [3.63, 3.8) is 0 Å². The lowest BCUT2D eigenvalue weighted by Crippen LogP contribution is -2.46. The molecule has 0 atom stereocenters. The van der Waals surface area contributed by atoms with Crippen molar-refractivity contribution in [1.82, 2.24) is 14.9 Å². The van der Waals surface area contributed by atoms with Crippen LogP contribution in [0.3, 0.4) is 0 Å². The van der Waals surface area contributed by atoms with E-state index in [1.165, 1.54) is 11.1 Å². The molecular formula is C26H28ClN5. The lowest BCUT2D eigenvalue weighted by Gasteiger charge is -2.35. The molecule has 0 unspecified atom stereocenters. The molecule has 2 heterocycles. The number of rotatable bonds is 6. The molecule has 0 amide bonds. The van der Waals surface area contributed by atoms with E-state index in [2.05, 4.69) is 81.8 Å². The molecule has 0 bridgehead atoms. The van der Waals surface area contributed by atoms with Crippen LogP contribution in [0.2, 0.25) is 0 Å². The van der Waals surface area contributed by atoms with E-state index in [-0.39, 0.29) is 12.4 Å². The maximum absolute atomic E-state index is 4.93. The van der Waals surface area contributed by atoms with Gasteiger partial charge in [0, 0.05) is 44.7 Å². The highest BCUT2D eigenvalue weighted by molar-refractivity contribution is 5.90. The molecule has 1 saturated heterocycles. The van der Waals surface area contributed by atoms with Crippen LogP contribution in [-0.4, -0.2) is 41.0 Å². The van der Waals surface area contributed by atoms with Crippen LogP contribution in [0.5, 0.6) is 0 Å². The zero-order valence-corrected chi connectivity index (χ0v) is 18.8. The summed E-state index contributed by atoms with van der Waals surface area (Å²) in [7, 11) is 0. The Morgan fingerprint density at radius 3 is 2.03 bits per heavy atom. The monoisotopic (exact) mass is 445 g/mol. The number of hydrogen-bond donors (Lipinski definition) is 1. The minimum Gasteiger partial charge on any atom is -0.365 e. The molecule has 0 saturated carbocycles. The zero-order valence-electron chi connectivity index (χ0n) is 18.0. The normalized spacial score (nSPS) is 14.2. The third-order valence-corrected chi connectivity index (χ3v) is 5.80. The van der Waals surface area contributed by atoms with Crippen molar-refractivity contribution in [2.24, 2.45) is 0 Å². The van der Waals surface area contributed by atoms with E-state index in [0.717, 1.165) is 61.9 Å². The van der Waals surface area contributed by atoms with Gasteiger partial charge >= 0.3 is 0 Å². The molecule has 164 valence electrons. The molecule has 0 aliphatic carbocycles. The van der Waals surface area contributed by atoms with Crippen molar-refractivity contribution in [3.05, 3.63) is 96.1 Å². The van der Waals surface area contributed by atoms with Crippen LogP contribution >= 0.6 is 12.4 Å². The van der Waals surface area contributed by atoms with E-state index < -0.39 is 0 Å². The van der Waals surface area contributed by atoms with Gasteiger partial charge < -0.3 is 10.2 Å². The molecule has 0 radical (unpaired) electrons. The number of fused-ring (bicyclic) bond motifs is 1. The number of halogens is 1. The fraction of sp³-hybridized carbons (Fsp3) is 0.231. The second-order valence-electron chi connectivity index (χ2n) is 7.98. The van der Waals surface area contributed by atoms with Gasteiger partial charge in [-0.05, 0) is 23.3 Å². The summed E-state index contributed by atoms with van der Waals surface area (Å²) in [4.78, 5) is 14.6. The van der Waals surface area contributed by atoms with Gasteiger partial charge in [0.2, 0.25) is 5.95 Å². The standard InChI is InChI=1S/C26H27N5.ClH/c1-3-9-21(10-4-1)19-27-25-23-13-7-8-14-24(23)28-26(29-25)31-17-15-30(16-18-31)20-22-11-5-2-6-12-22;/h1-14H,15-20H2,(H,27,28,29);1H. The zero-order chi connectivity index (χ0) is 20.9. The number of benzene rings is 3. The predicted octanol–water partition coefficient (Wildman–Crippen LogP) is 4.99. The first-order valence-corrected chi connectivity index (χ1v) is 10.9. The van der Waals surface area contributed by atoms with Crippen LogP contribution in [0.25, 0.3) is 10.9 Å². The molecule has 5 nitrogen and oxygen atoms in total. The minimum absolute atomic E-state index is 0. The molecule has 5 rings (SSSR count). The topological polar surface area (TPSA) is 44.3 Å². The van der Waals surface area contributed by atoms with Crippen molar-refractivity contribution >= 4 is 35.1 Å². The van der Waals surface area contributed by atoms with Crippen LogP contribution in [-0.2, 0) is 13.1 Å². The summed E-state index contributed by atoms with van der Waals surface area (Å²) in [6.45, 7) is 5.63. The summed E-state index contributed by atoms with van der Waals surface area (Å²) in [6.07, 6.45) is 0. The summed E-state index contributed by atoms with van der Waals surface area (Å²) in [5.74, 6) is 1.71. The van der Waals surface area contributed by atoms with Crippen LogP contribution in [0, 0.1) is 0 Å². The maximum atomic E-state index is 4.93. The van der Waals surface area contributed by atoms with Crippen LogP contribution in [0.15, 0.2) is 84.9 Å². The van der Waals surface area contributed by atoms with E-state index in [1.54, 1.807) is 0 Å². The van der Waals surface area contributed by atoms with E-state index in [0.29, 0.717) is 0 Å². The number of piperazine rings is 1. The number of hydrogen-bond acceptors (Lipinski definition) is 5. The van der Waals surface area contributed by atoms with Gasteiger partial charge in [0.15, 0.2) is 0 Å². The molecule has 1 aliphatic rings. The van der Waals surface area contributed by atoms with Gasteiger partial charge in [-0.3, -0.25) is 4.90 Å². The molecule has 4 aromatic rings. The molecule has 6 heteroatoms. The first-order chi connectivity index (χ1) is 15.3. The van der Waals surface area contributed by atoms with Gasteiger partial charge in [0.25, 0.3) is 0 Å². The predicted molar refractivity (Wildman–Crippen MR) is 134 cm³/mol. The first-order valence-electron chi connectivity index (χ1n) is 10.9. The lowest BCUT2D eigenvalue weighted by molar-refractivity contribution is 0.249. The lowest BCUT2D eigenvalue weighted by atomic mass is 10.2. The highest BCUT2D eigenvalue weighted by Gasteiger charge is 2.20. The molecule has 0 spiro atoms. The quantitative estimate of drug-likeness (QED) is 0.453. The van der Waals surface area contributed by atoms with Crippen molar-refractivity contribution in [1.29, 1.82) is 0 Å². The van der Waals surface area contributed by atoms with Gasteiger partial charge in [-0.15, -0.1) is 12.4 Å². The highest BCUT2D eigenvalue weighted by atomic mass is 35.5. The van der Waals surface area contributed by atoms with Gasteiger partial charge in [-0.1, -0.05) is 72.8 Å². The largest absolute Gasteiger partial charge is 0.365 e. The highest BCUT2D eigenvalue weighted by Crippen LogP contribution is 2.25. The van der Waals surface area contributed by atoms with Crippen LogP contribution < -0.4 is 10.2 Å². The minimum atomic E-state index is 0. The van der Waals surface area contributed by atoms with Crippen LogP contribution in [0.4, 0.5) is 11.8 Å². The summed E-state index contributed by atoms with van der Waals surface area (Å²) in [5, 5.41) is 4.60. The average Bonchev–Trinajstić information content (AvgIpc) is 2.84. The Labute approximate surface area is 195 Å². The van der Waals surface area contributed by atoms with Crippen molar-refractivity contribution in [2.75, 3.05) is 36.4 Å². The maximum Gasteiger partial charge on any atom is 0.227 e. The summed E-state index contributed by atoms with van der Waals surface area (Å²) in [5.41, 5.74) is 3.58. The molecule has 1 fully saturated rings. The Morgan fingerprint density at radius 2 is 1.31 bits per heavy atom. The van der Waals surface area contributed by atoms with E-state index >= 15 is 0 Å². The summed E-state index contributed by atoms with van der Waals surface area (Å²) >= 11 is 0. The fourth-order valence-electron chi connectivity index (χ4n) is 4.07. The number of anilines is 2. The number of nitrogens with zero attached hydrogens (tertiary/aromatic N) is 4. The van der Waals surface area contributed by atoms with Crippen molar-refractivity contribution < 1.29 is 0 Å².